The number of hydrogen-bond donors (Lipinski definition) is 1. The zero-order chi connectivity index (χ0) is 19.7. The van der Waals surface area contributed by atoms with Crippen LogP contribution in [0.4, 0.5) is 0 Å². The summed E-state index contributed by atoms with van der Waals surface area (Å²) in [7, 11) is 0. The SMILES string of the molecule is C=C1CCC(N2Cc3cc(CCC(=O)c4ccccc4)ccc3C2=O)C(=O)N1. The van der Waals surface area contributed by atoms with Crippen LogP contribution in [0.1, 0.15) is 51.1 Å². The van der Waals surface area contributed by atoms with E-state index >= 15 is 0 Å². The van der Waals surface area contributed by atoms with Gasteiger partial charge in [-0.3, -0.25) is 14.4 Å². The number of aryl methyl sites for hydroxylation is 1. The van der Waals surface area contributed by atoms with E-state index in [1.54, 1.807) is 4.90 Å². The summed E-state index contributed by atoms with van der Waals surface area (Å²) in [6.45, 7) is 4.22. The van der Waals surface area contributed by atoms with E-state index in [-0.39, 0.29) is 17.6 Å². The van der Waals surface area contributed by atoms with E-state index in [2.05, 4.69) is 11.9 Å². The fourth-order valence-corrected chi connectivity index (χ4v) is 3.89. The Kier molecular flexibility index (Phi) is 4.82. The molecule has 1 unspecified atom stereocenters. The summed E-state index contributed by atoms with van der Waals surface area (Å²) in [4.78, 5) is 39.0. The minimum Gasteiger partial charge on any atom is -0.329 e. The number of Topliss-reactive ketones (excluding diaryl/α,β-unsaturated/α-hetero) is 1. The first kappa shape index (κ1) is 18.2. The van der Waals surface area contributed by atoms with Crippen LogP contribution in [-0.2, 0) is 17.8 Å². The number of carbonyl (C=O) groups excluding carboxylic acids is 3. The van der Waals surface area contributed by atoms with E-state index in [4.69, 9.17) is 0 Å². The summed E-state index contributed by atoms with van der Waals surface area (Å²) in [6, 6.07) is 14.5. The van der Waals surface area contributed by atoms with E-state index < -0.39 is 6.04 Å². The minimum atomic E-state index is -0.450. The molecule has 1 fully saturated rings. The predicted octanol–water partition coefficient (Wildman–Crippen LogP) is 3.25. The molecule has 28 heavy (non-hydrogen) atoms. The second-order valence-electron chi connectivity index (χ2n) is 7.36. The quantitative estimate of drug-likeness (QED) is 0.817. The van der Waals surface area contributed by atoms with E-state index in [9.17, 15) is 14.4 Å². The van der Waals surface area contributed by atoms with Crippen molar-refractivity contribution >= 4 is 17.6 Å². The predicted molar refractivity (Wildman–Crippen MR) is 106 cm³/mol. The molecule has 1 saturated heterocycles. The molecule has 1 N–H and O–H groups in total. The van der Waals surface area contributed by atoms with Gasteiger partial charge in [0.05, 0.1) is 0 Å². The van der Waals surface area contributed by atoms with Gasteiger partial charge >= 0.3 is 0 Å². The fourth-order valence-electron chi connectivity index (χ4n) is 3.89. The molecule has 2 aromatic rings. The molecule has 1 atom stereocenters. The summed E-state index contributed by atoms with van der Waals surface area (Å²) in [6.07, 6.45) is 2.33. The maximum absolute atomic E-state index is 12.8. The standard InChI is InChI=1S/C23H22N2O3/c1-15-7-11-20(22(27)24-15)25-14-18-13-16(8-10-19(18)23(25)28)9-12-21(26)17-5-3-2-4-6-17/h2-6,8,10,13,20H,1,7,9,11-12,14H2,(H,24,27). The average molecular weight is 374 g/mol. The summed E-state index contributed by atoms with van der Waals surface area (Å²) in [5, 5.41) is 2.75. The number of benzene rings is 2. The van der Waals surface area contributed by atoms with Gasteiger partial charge < -0.3 is 10.2 Å². The van der Waals surface area contributed by atoms with Crippen LogP contribution >= 0.6 is 0 Å². The third-order valence-electron chi connectivity index (χ3n) is 5.44. The van der Waals surface area contributed by atoms with Gasteiger partial charge in [-0.15, -0.1) is 0 Å². The highest BCUT2D eigenvalue weighted by Gasteiger charge is 2.38. The third-order valence-corrected chi connectivity index (χ3v) is 5.44. The van der Waals surface area contributed by atoms with Gasteiger partial charge in [0.15, 0.2) is 5.78 Å². The van der Waals surface area contributed by atoms with E-state index in [1.165, 1.54) is 0 Å². The fraction of sp³-hybridized carbons (Fsp3) is 0.261. The molecule has 2 amide bonds. The number of hydrogen-bond acceptors (Lipinski definition) is 3. The van der Waals surface area contributed by atoms with Crippen LogP contribution in [0, 0.1) is 0 Å². The van der Waals surface area contributed by atoms with Crippen LogP contribution in [0.5, 0.6) is 0 Å². The van der Waals surface area contributed by atoms with Gasteiger partial charge in [-0.05, 0) is 36.5 Å². The Bertz CT molecular complexity index is 965. The molecule has 2 aromatic carbocycles. The van der Waals surface area contributed by atoms with Crippen LogP contribution in [0.15, 0.2) is 60.8 Å². The van der Waals surface area contributed by atoms with Gasteiger partial charge in [0, 0.05) is 29.8 Å². The van der Waals surface area contributed by atoms with Gasteiger partial charge in [-0.2, -0.15) is 0 Å². The number of fused-ring (bicyclic) bond motifs is 1. The number of allylic oxidation sites excluding steroid dienone is 1. The Morgan fingerprint density at radius 1 is 1.14 bits per heavy atom. The zero-order valence-corrected chi connectivity index (χ0v) is 15.6. The molecule has 0 spiro atoms. The van der Waals surface area contributed by atoms with Gasteiger partial charge in [0.2, 0.25) is 5.91 Å². The minimum absolute atomic E-state index is 0.102. The molecular weight excluding hydrogens is 352 g/mol. The van der Waals surface area contributed by atoms with Crippen molar-refractivity contribution in [2.75, 3.05) is 0 Å². The number of carbonyl (C=O) groups is 3. The van der Waals surface area contributed by atoms with Crippen molar-refractivity contribution < 1.29 is 14.4 Å². The molecule has 142 valence electrons. The summed E-state index contributed by atoms with van der Waals surface area (Å²) < 4.78 is 0. The molecule has 2 heterocycles. The number of piperidine rings is 1. The summed E-state index contributed by atoms with van der Waals surface area (Å²) in [5.41, 5.74) is 4.02. The highest BCUT2D eigenvalue weighted by molar-refractivity contribution is 6.01. The molecule has 2 aliphatic heterocycles. The Morgan fingerprint density at radius 2 is 1.93 bits per heavy atom. The third kappa shape index (κ3) is 3.48. The molecule has 0 aliphatic carbocycles. The smallest absolute Gasteiger partial charge is 0.255 e. The Labute approximate surface area is 164 Å². The highest BCUT2D eigenvalue weighted by atomic mass is 16.2. The molecule has 5 nitrogen and oxygen atoms in total. The number of nitrogens with zero attached hydrogens (tertiary/aromatic N) is 1. The first-order valence-electron chi connectivity index (χ1n) is 9.52. The zero-order valence-electron chi connectivity index (χ0n) is 15.6. The van der Waals surface area contributed by atoms with Crippen molar-refractivity contribution in [2.45, 2.75) is 38.3 Å². The Hall–Kier alpha value is -3.21. The largest absolute Gasteiger partial charge is 0.329 e. The number of rotatable bonds is 5. The van der Waals surface area contributed by atoms with Crippen molar-refractivity contribution in [3.8, 4) is 0 Å². The number of nitrogens with one attached hydrogen (secondary N) is 1. The molecule has 0 saturated carbocycles. The average Bonchev–Trinajstić information content (AvgIpc) is 3.02. The van der Waals surface area contributed by atoms with Gasteiger partial charge in [-0.1, -0.05) is 49.0 Å². The Morgan fingerprint density at radius 3 is 2.68 bits per heavy atom. The monoisotopic (exact) mass is 374 g/mol. The Balaban J connectivity index is 1.44. The lowest BCUT2D eigenvalue weighted by Crippen LogP contribution is -2.49. The van der Waals surface area contributed by atoms with E-state index in [0.29, 0.717) is 43.5 Å². The summed E-state index contributed by atoms with van der Waals surface area (Å²) >= 11 is 0. The maximum Gasteiger partial charge on any atom is 0.255 e. The van der Waals surface area contributed by atoms with Crippen molar-refractivity contribution in [1.29, 1.82) is 0 Å². The van der Waals surface area contributed by atoms with Crippen molar-refractivity contribution in [3.05, 3.63) is 83.1 Å². The van der Waals surface area contributed by atoms with Crippen LogP contribution in [0.3, 0.4) is 0 Å². The van der Waals surface area contributed by atoms with Crippen LogP contribution in [-0.4, -0.2) is 28.5 Å². The molecule has 0 aromatic heterocycles. The normalized spacial score (nSPS) is 18.8. The topological polar surface area (TPSA) is 66.5 Å². The lowest BCUT2D eigenvalue weighted by Gasteiger charge is -2.30. The molecular formula is C23H22N2O3. The maximum atomic E-state index is 12.8. The molecule has 4 rings (SSSR count). The first-order chi connectivity index (χ1) is 13.5. The second kappa shape index (κ2) is 7.43. The first-order valence-corrected chi connectivity index (χ1v) is 9.52. The van der Waals surface area contributed by atoms with E-state index in [1.807, 2.05) is 48.5 Å². The molecule has 5 heteroatoms. The van der Waals surface area contributed by atoms with E-state index in [0.717, 1.165) is 16.7 Å². The van der Waals surface area contributed by atoms with Crippen LogP contribution in [0.25, 0.3) is 0 Å². The lowest BCUT2D eigenvalue weighted by molar-refractivity contribution is -0.126. The van der Waals surface area contributed by atoms with Crippen molar-refractivity contribution in [1.82, 2.24) is 10.2 Å². The van der Waals surface area contributed by atoms with Gasteiger partial charge in [-0.25, -0.2) is 0 Å². The van der Waals surface area contributed by atoms with Gasteiger partial charge in [0.1, 0.15) is 6.04 Å². The second-order valence-corrected chi connectivity index (χ2v) is 7.36. The van der Waals surface area contributed by atoms with Crippen molar-refractivity contribution in [2.24, 2.45) is 0 Å². The summed E-state index contributed by atoms with van der Waals surface area (Å²) in [5.74, 6) is -0.154. The van der Waals surface area contributed by atoms with Crippen LogP contribution in [0.2, 0.25) is 0 Å². The molecule has 2 aliphatic rings. The number of amides is 2. The molecule has 0 bridgehead atoms. The molecule has 0 radical (unpaired) electrons. The van der Waals surface area contributed by atoms with Crippen LogP contribution < -0.4 is 5.32 Å². The number of ketones is 1. The lowest BCUT2D eigenvalue weighted by atomic mass is 10.00. The highest BCUT2D eigenvalue weighted by Crippen LogP contribution is 2.29. The van der Waals surface area contributed by atoms with Gasteiger partial charge in [0.25, 0.3) is 5.91 Å². The van der Waals surface area contributed by atoms with Crippen molar-refractivity contribution in [3.63, 3.8) is 0 Å².